The molecule has 2 amide bonds. The molecule has 134 valence electrons. The molecule has 0 saturated heterocycles. The average Bonchev–Trinajstić information content (AvgIpc) is 3.21. The van der Waals surface area contributed by atoms with Crippen molar-refractivity contribution in [3.05, 3.63) is 24.0 Å². The first-order valence-corrected chi connectivity index (χ1v) is 9.11. The van der Waals surface area contributed by atoms with Crippen LogP contribution in [-0.4, -0.2) is 27.8 Å². The molecule has 0 radical (unpaired) electrons. The molecule has 1 aliphatic rings. The molecule has 0 aromatic carbocycles. The third-order valence-electron chi connectivity index (χ3n) is 4.73. The Labute approximate surface area is 147 Å². The van der Waals surface area contributed by atoms with Gasteiger partial charge in [-0.2, -0.15) is 0 Å². The van der Waals surface area contributed by atoms with Gasteiger partial charge in [0.2, 0.25) is 5.91 Å². The highest BCUT2D eigenvalue weighted by Crippen LogP contribution is 2.28. The second kappa shape index (κ2) is 7.68. The van der Waals surface area contributed by atoms with Gasteiger partial charge in [-0.05, 0) is 32.3 Å². The van der Waals surface area contributed by atoms with Gasteiger partial charge in [-0.3, -0.25) is 9.59 Å². The van der Waals surface area contributed by atoms with E-state index in [0.717, 1.165) is 6.42 Å². The molecule has 0 atom stereocenters. The van der Waals surface area contributed by atoms with E-state index in [1.165, 1.54) is 25.7 Å². The Morgan fingerprint density at radius 1 is 1.32 bits per heavy atom. The van der Waals surface area contributed by atoms with E-state index in [0.29, 0.717) is 34.6 Å². The highest BCUT2D eigenvalue weighted by Gasteiger charge is 2.17. The van der Waals surface area contributed by atoms with Gasteiger partial charge < -0.3 is 15.6 Å². The molecule has 2 heterocycles. The molecular weight excluding hydrogens is 316 g/mol. The highest BCUT2D eigenvalue weighted by molar-refractivity contribution is 6.07. The number of anilines is 1. The number of fused-ring (bicyclic) bond motifs is 1. The van der Waals surface area contributed by atoms with Crippen LogP contribution in [0.2, 0.25) is 0 Å². The largest absolute Gasteiger partial charge is 0.350 e. The van der Waals surface area contributed by atoms with Crippen molar-refractivity contribution >= 4 is 28.5 Å². The molecule has 1 saturated carbocycles. The fourth-order valence-corrected chi connectivity index (χ4v) is 3.46. The van der Waals surface area contributed by atoms with Crippen molar-refractivity contribution in [3.63, 3.8) is 0 Å². The maximum Gasteiger partial charge on any atom is 0.253 e. The van der Waals surface area contributed by atoms with E-state index in [4.69, 9.17) is 0 Å². The zero-order valence-corrected chi connectivity index (χ0v) is 14.9. The van der Waals surface area contributed by atoms with Crippen molar-refractivity contribution in [1.82, 2.24) is 15.3 Å². The molecule has 3 N–H and O–H groups in total. The first kappa shape index (κ1) is 17.5. The number of amides is 2. The van der Waals surface area contributed by atoms with E-state index in [1.54, 1.807) is 12.4 Å². The van der Waals surface area contributed by atoms with E-state index >= 15 is 0 Å². The number of H-pyrrole nitrogens is 1. The summed E-state index contributed by atoms with van der Waals surface area (Å²) in [5, 5.41) is 6.50. The Balaban J connectivity index is 1.67. The number of rotatable bonds is 6. The van der Waals surface area contributed by atoms with E-state index in [1.807, 2.05) is 19.9 Å². The van der Waals surface area contributed by atoms with Gasteiger partial charge in [0.05, 0.1) is 17.4 Å². The molecule has 0 aliphatic heterocycles. The SMILES string of the molecule is CC(C)NC(=O)c1c[nH]c2ncc(NC(=O)CCC3CCCC3)cc12. The smallest absolute Gasteiger partial charge is 0.253 e. The number of nitrogens with one attached hydrogen (secondary N) is 3. The van der Waals surface area contributed by atoms with Crippen LogP contribution in [0.1, 0.15) is 62.7 Å². The molecule has 0 bridgehead atoms. The van der Waals surface area contributed by atoms with Gasteiger partial charge >= 0.3 is 0 Å². The molecule has 6 nitrogen and oxygen atoms in total. The summed E-state index contributed by atoms with van der Waals surface area (Å²) in [5.74, 6) is 0.562. The summed E-state index contributed by atoms with van der Waals surface area (Å²) in [6.45, 7) is 3.84. The molecule has 3 rings (SSSR count). The third-order valence-corrected chi connectivity index (χ3v) is 4.73. The maximum absolute atomic E-state index is 12.3. The summed E-state index contributed by atoms with van der Waals surface area (Å²) in [6.07, 6.45) is 9.85. The van der Waals surface area contributed by atoms with Crippen molar-refractivity contribution < 1.29 is 9.59 Å². The molecule has 1 aliphatic carbocycles. The number of nitrogens with zero attached hydrogens (tertiary/aromatic N) is 1. The van der Waals surface area contributed by atoms with E-state index in [2.05, 4.69) is 20.6 Å². The fourth-order valence-electron chi connectivity index (χ4n) is 3.46. The lowest BCUT2D eigenvalue weighted by Crippen LogP contribution is -2.29. The zero-order chi connectivity index (χ0) is 17.8. The number of carbonyl (C=O) groups is 2. The van der Waals surface area contributed by atoms with E-state index < -0.39 is 0 Å². The Bertz CT molecular complexity index is 760. The summed E-state index contributed by atoms with van der Waals surface area (Å²) >= 11 is 0. The minimum atomic E-state index is -0.146. The summed E-state index contributed by atoms with van der Waals surface area (Å²) < 4.78 is 0. The standard InChI is InChI=1S/C19H26N4O2/c1-12(2)22-19(25)16-11-21-18-15(16)9-14(10-20-18)23-17(24)8-7-13-5-3-4-6-13/h9-13H,3-8H2,1-2H3,(H,20,21)(H,22,25)(H,23,24). The molecule has 2 aromatic rings. The van der Waals surface area contributed by atoms with Crippen molar-refractivity contribution in [1.29, 1.82) is 0 Å². The number of carbonyl (C=O) groups excluding carboxylic acids is 2. The number of hydrogen-bond acceptors (Lipinski definition) is 3. The molecule has 0 spiro atoms. The molecule has 6 heteroatoms. The monoisotopic (exact) mass is 342 g/mol. The lowest BCUT2D eigenvalue weighted by Gasteiger charge is -2.10. The number of hydrogen-bond donors (Lipinski definition) is 3. The number of aromatic amines is 1. The topological polar surface area (TPSA) is 86.9 Å². The Morgan fingerprint density at radius 2 is 2.08 bits per heavy atom. The van der Waals surface area contributed by atoms with Gasteiger partial charge in [-0.1, -0.05) is 25.7 Å². The maximum atomic E-state index is 12.3. The van der Waals surface area contributed by atoms with E-state index in [-0.39, 0.29) is 17.9 Å². The summed E-state index contributed by atoms with van der Waals surface area (Å²) in [6, 6.07) is 1.87. The summed E-state index contributed by atoms with van der Waals surface area (Å²) in [5.41, 5.74) is 1.80. The van der Waals surface area contributed by atoms with Gasteiger partial charge in [0.25, 0.3) is 5.91 Å². The molecule has 25 heavy (non-hydrogen) atoms. The lowest BCUT2D eigenvalue weighted by atomic mass is 10.0. The van der Waals surface area contributed by atoms with Crippen molar-refractivity contribution in [3.8, 4) is 0 Å². The van der Waals surface area contributed by atoms with Crippen molar-refractivity contribution in [2.45, 2.75) is 58.4 Å². The molecule has 1 fully saturated rings. The van der Waals surface area contributed by atoms with Gasteiger partial charge in [0, 0.05) is 24.0 Å². The molecule has 0 unspecified atom stereocenters. The predicted octanol–water partition coefficient (Wildman–Crippen LogP) is 3.61. The van der Waals surface area contributed by atoms with Crippen LogP contribution in [0.4, 0.5) is 5.69 Å². The Hall–Kier alpha value is -2.37. The van der Waals surface area contributed by atoms with E-state index in [9.17, 15) is 9.59 Å². The normalized spacial score (nSPS) is 15.0. The highest BCUT2D eigenvalue weighted by atomic mass is 16.2. The Kier molecular flexibility index (Phi) is 5.36. The summed E-state index contributed by atoms with van der Waals surface area (Å²) in [4.78, 5) is 31.8. The molecule has 2 aromatic heterocycles. The quantitative estimate of drug-likeness (QED) is 0.749. The Morgan fingerprint density at radius 3 is 2.80 bits per heavy atom. The van der Waals surface area contributed by atoms with Crippen LogP contribution in [0.3, 0.4) is 0 Å². The van der Waals surface area contributed by atoms with Crippen LogP contribution in [0.5, 0.6) is 0 Å². The van der Waals surface area contributed by atoms with Crippen LogP contribution >= 0.6 is 0 Å². The van der Waals surface area contributed by atoms with Crippen LogP contribution in [0, 0.1) is 5.92 Å². The van der Waals surface area contributed by atoms with Gasteiger partial charge in [-0.15, -0.1) is 0 Å². The first-order chi connectivity index (χ1) is 12.0. The third kappa shape index (κ3) is 4.38. The minimum Gasteiger partial charge on any atom is -0.350 e. The second-order valence-corrected chi connectivity index (χ2v) is 7.19. The fraction of sp³-hybridized carbons (Fsp3) is 0.526. The van der Waals surface area contributed by atoms with Crippen LogP contribution < -0.4 is 10.6 Å². The van der Waals surface area contributed by atoms with Crippen molar-refractivity contribution in [2.75, 3.05) is 5.32 Å². The second-order valence-electron chi connectivity index (χ2n) is 7.19. The summed E-state index contributed by atoms with van der Waals surface area (Å²) in [7, 11) is 0. The minimum absolute atomic E-state index is 0.0109. The van der Waals surface area contributed by atoms with Gasteiger partial charge in [0.1, 0.15) is 5.65 Å². The number of pyridine rings is 1. The molecular formula is C19H26N4O2. The van der Waals surface area contributed by atoms with Crippen molar-refractivity contribution in [2.24, 2.45) is 5.92 Å². The average molecular weight is 342 g/mol. The van der Waals surface area contributed by atoms with Gasteiger partial charge in [-0.25, -0.2) is 4.98 Å². The van der Waals surface area contributed by atoms with Crippen LogP contribution in [0.15, 0.2) is 18.5 Å². The number of aromatic nitrogens is 2. The van der Waals surface area contributed by atoms with Crippen LogP contribution in [-0.2, 0) is 4.79 Å². The van der Waals surface area contributed by atoms with Gasteiger partial charge in [0.15, 0.2) is 0 Å². The predicted molar refractivity (Wildman–Crippen MR) is 98.5 cm³/mol. The lowest BCUT2D eigenvalue weighted by molar-refractivity contribution is -0.116. The van der Waals surface area contributed by atoms with Crippen LogP contribution in [0.25, 0.3) is 11.0 Å². The first-order valence-electron chi connectivity index (χ1n) is 9.11. The zero-order valence-electron chi connectivity index (χ0n) is 14.9.